The quantitative estimate of drug-likeness (QED) is 0.786. The molecular formula is C15H14N4O. The highest BCUT2D eigenvalue weighted by Gasteiger charge is 2.00. The lowest BCUT2D eigenvalue weighted by atomic mass is 10.2. The first-order chi connectivity index (χ1) is 9.85. The van der Waals surface area contributed by atoms with Crippen LogP contribution in [0.5, 0.6) is 5.75 Å². The van der Waals surface area contributed by atoms with Crippen LogP contribution < -0.4 is 10.1 Å². The fourth-order valence-electron chi connectivity index (χ4n) is 1.88. The zero-order chi connectivity index (χ0) is 13.8. The Balaban J connectivity index is 1.72. The number of methoxy groups -OCH3 is 1. The molecule has 0 spiro atoms. The van der Waals surface area contributed by atoms with Gasteiger partial charge in [-0.2, -0.15) is 0 Å². The van der Waals surface area contributed by atoms with Gasteiger partial charge in [0.05, 0.1) is 18.8 Å². The second kappa shape index (κ2) is 5.52. The maximum atomic E-state index is 5.13. The van der Waals surface area contributed by atoms with E-state index in [2.05, 4.69) is 20.3 Å². The average Bonchev–Trinajstić information content (AvgIpc) is 2.53. The van der Waals surface area contributed by atoms with E-state index in [1.807, 2.05) is 36.4 Å². The van der Waals surface area contributed by atoms with E-state index in [0.29, 0.717) is 12.5 Å². The van der Waals surface area contributed by atoms with Crippen LogP contribution in [0.1, 0.15) is 5.56 Å². The highest BCUT2D eigenvalue weighted by atomic mass is 16.5. The molecule has 5 heteroatoms. The highest BCUT2D eigenvalue weighted by Crippen LogP contribution is 2.13. The van der Waals surface area contributed by atoms with Crippen molar-refractivity contribution in [3.8, 4) is 5.75 Å². The molecular weight excluding hydrogens is 252 g/mol. The van der Waals surface area contributed by atoms with Crippen LogP contribution >= 0.6 is 0 Å². The van der Waals surface area contributed by atoms with E-state index < -0.39 is 0 Å². The van der Waals surface area contributed by atoms with Crippen LogP contribution in [0.15, 0.2) is 48.8 Å². The van der Waals surface area contributed by atoms with Gasteiger partial charge < -0.3 is 10.1 Å². The van der Waals surface area contributed by atoms with E-state index in [1.165, 1.54) is 0 Å². The van der Waals surface area contributed by atoms with Gasteiger partial charge in [0.15, 0.2) is 0 Å². The number of fused-ring (bicyclic) bond motifs is 1. The number of ether oxygens (including phenoxy) is 1. The topological polar surface area (TPSA) is 59.9 Å². The molecule has 100 valence electrons. The summed E-state index contributed by atoms with van der Waals surface area (Å²) < 4.78 is 5.13. The van der Waals surface area contributed by atoms with Crippen molar-refractivity contribution in [2.75, 3.05) is 12.4 Å². The van der Waals surface area contributed by atoms with Crippen molar-refractivity contribution in [3.05, 3.63) is 54.4 Å². The Kier molecular flexibility index (Phi) is 3.41. The minimum absolute atomic E-state index is 0.598. The van der Waals surface area contributed by atoms with Crippen molar-refractivity contribution >= 4 is 17.0 Å². The number of hydrogen-bond donors (Lipinski definition) is 1. The molecule has 0 saturated heterocycles. The predicted octanol–water partition coefficient (Wildman–Crippen LogP) is 2.65. The number of hydrogen-bond acceptors (Lipinski definition) is 5. The Hall–Kier alpha value is -2.69. The SMILES string of the molecule is COc1ccc(CNc2ncc3ncccc3n2)cc1. The largest absolute Gasteiger partial charge is 0.497 e. The lowest BCUT2D eigenvalue weighted by molar-refractivity contribution is 0.414. The standard InChI is InChI=1S/C15H14N4O/c1-20-12-6-4-11(5-7-12)9-17-15-18-10-14-13(19-15)3-2-8-16-14/h2-8,10H,9H2,1H3,(H,17,18,19). The third-order valence-corrected chi connectivity index (χ3v) is 2.96. The third kappa shape index (κ3) is 2.66. The van der Waals surface area contributed by atoms with Crippen LogP contribution in [-0.4, -0.2) is 22.1 Å². The average molecular weight is 266 g/mol. The van der Waals surface area contributed by atoms with Crippen LogP contribution in [0.4, 0.5) is 5.95 Å². The summed E-state index contributed by atoms with van der Waals surface area (Å²) in [5, 5.41) is 3.20. The van der Waals surface area contributed by atoms with Crippen molar-refractivity contribution in [3.63, 3.8) is 0 Å². The first-order valence-electron chi connectivity index (χ1n) is 6.30. The molecule has 0 saturated carbocycles. The van der Waals surface area contributed by atoms with Gasteiger partial charge in [-0.15, -0.1) is 0 Å². The second-order valence-corrected chi connectivity index (χ2v) is 4.30. The number of benzene rings is 1. The molecule has 0 atom stereocenters. The summed E-state index contributed by atoms with van der Waals surface area (Å²) in [6.07, 6.45) is 3.45. The lowest BCUT2D eigenvalue weighted by Crippen LogP contribution is -2.03. The highest BCUT2D eigenvalue weighted by molar-refractivity contribution is 5.73. The molecule has 3 aromatic rings. The van der Waals surface area contributed by atoms with Crippen LogP contribution in [0, 0.1) is 0 Å². The summed E-state index contributed by atoms with van der Waals surface area (Å²) in [5.74, 6) is 1.45. The maximum Gasteiger partial charge on any atom is 0.223 e. The van der Waals surface area contributed by atoms with Gasteiger partial charge in [-0.3, -0.25) is 4.98 Å². The molecule has 20 heavy (non-hydrogen) atoms. The second-order valence-electron chi connectivity index (χ2n) is 4.30. The molecule has 5 nitrogen and oxygen atoms in total. The minimum Gasteiger partial charge on any atom is -0.497 e. The van der Waals surface area contributed by atoms with Crippen LogP contribution in [0.25, 0.3) is 11.0 Å². The maximum absolute atomic E-state index is 5.13. The first kappa shape index (κ1) is 12.3. The van der Waals surface area contributed by atoms with Gasteiger partial charge in [0.2, 0.25) is 5.95 Å². The summed E-state index contributed by atoms with van der Waals surface area (Å²) in [6.45, 7) is 0.662. The van der Waals surface area contributed by atoms with Gasteiger partial charge in [0.25, 0.3) is 0 Å². The molecule has 0 aliphatic carbocycles. The number of pyridine rings is 1. The van der Waals surface area contributed by atoms with Crippen LogP contribution in [0.3, 0.4) is 0 Å². The Morgan fingerprint density at radius 2 is 1.90 bits per heavy atom. The summed E-state index contributed by atoms with van der Waals surface area (Å²) in [5.41, 5.74) is 2.77. The zero-order valence-electron chi connectivity index (χ0n) is 11.1. The van der Waals surface area contributed by atoms with Gasteiger partial charge in [-0.1, -0.05) is 12.1 Å². The normalized spacial score (nSPS) is 10.4. The number of aromatic nitrogens is 3. The summed E-state index contributed by atoms with van der Waals surface area (Å²) in [4.78, 5) is 12.9. The van der Waals surface area contributed by atoms with E-state index in [1.54, 1.807) is 19.5 Å². The van der Waals surface area contributed by atoms with Crippen molar-refractivity contribution in [1.82, 2.24) is 15.0 Å². The van der Waals surface area contributed by atoms with Gasteiger partial charge in [-0.05, 0) is 29.8 Å². The van der Waals surface area contributed by atoms with Crippen LogP contribution in [-0.2, 0) is 6.54 Å². The Labute approximate surface area is 116 Å². The summed E-state index contributed by atoms with van der Waals surface area (Å²) in [7, 11) is 1.66. The van der Waals surface area contributed by atoms with E-state index in [0.717, 1.165) is 22.3 Å². The Bertz CT molecular complexity index is 712. The molecule has 0 aliphatic heterocycles. The van der Waals surface area contributed by atoms with E-state index >= 15 is 0 Å². The lowest BCUT2D eigenvalue weighted by Gasteiger charge is -2.06. The van der Waals surface area contributed by atoms with Crippen molar-refractivity contribution in [2.45, 2.75) is 6.54 Å². The van der Waals surface area contributed by atoms with Gasteiger partial charge in [0.1, 0.15) is 11.3 Å². The summed E-state index contributed by atoms with van der Waals surface area (Å²) >= 11 is 0. The number of rotatable bonds is 4. The predicted molar refractivity (Wildman–Crippen MR) is 77.7 cm³/mol. The summed E-state index contributed by atoms with van der Waals surface area (Å²) in [6, 6.07) is 11.7. The first-order valence-corrected chi connectivity index (χ1v) is 6.30. The Morgan fingerprint density at radius 3 is 2.70 bits per heavy atom. The molecule has 1 aromatic carbocycles. The van der Waals surface area contributed by atoms with Gasteiger partial charge in [0, 0.05) is 12.7 Å². The van der Waals surface area contributed by atoms with Crippen LogP contribution in [0.2, 0.25) is 0 Å². The van der Waals surface area contributed by atoms with Gasteiger partial charge in [-0.25, -0.2) is 9.97 Å². The fraction of sp³-hybridized carbons (Fsp3) is 0.133. The minimum atomic E-state index is 0.598. The third-order valence-electron chi connectivity index (χ3n) is 2.96. The molecule has 0 amide bonds. The molecule has 2 aromatic heterocycles. The molecule has 0 fully saturated rings. The van der Waals surface area contributed by atoms with E-state index in [-0.39, 0.29) is 0 Å². The number of anilines is 1. The molecule has 0 bridgehead atoms. The van der Waals surface area contributed by atoms with Gasteiger partial charge >= 0.3 is 0 Å². The van der Waals surface area contributed by atoms with Crippen molar-refractivity contribution < 1.29 is 4.74 Å². The molecule has 0 radical (unpaired) electrons. The molecule has 0 unspecified atom stereocenters. The van der Waals surface area contributed by atoms with Crippen molar-refractivity contribution in [2.24, 2.45) is 0 Å². The zero-order valence-corrected chi connectivity index (χ0v) is 11.1. The van der Waals surface area contributed by atoms with Crippen molar-refractivity contribution in [1.29, 1.82) is 0 Å². The fourth-order valence-corrected chi connectivity index (χ4v) is 1.88. The Morgan fingerprint density at radius 1 is 1.05 bits per heavy atom. The monoisotopic (exact) mass is 266 g/mol. The van der Waals surface area contributed by atoms with E-state index in [4.69, 9.17) is 4.74 Å². The smallest absolute Gasteiger partial charge is 0.223 e. The molecule has 2 heterocycles. The molecule has 0 aliphatic rings. The molecule has 1 N–H and O–H groups in total. The number of nitrogens with one attached hydrogen (secondary N) is 1. The van der Waals surface area contributed by atoms with E-state index in [9.17, 15) is 0 Å². The number of nitrogens with zero attached hydrogens (tertiary/aromatic N) is 3. The molecule has 3 rings (SSSR count).